The van der Waals surface area contributed by atoms with E-state index in [0.29, 0.717) is 19.6 Å². The summed E-state index contributed by atoms with van der Waals surface area (Å²) in [5.74, 6) is 1.27. The van der Waals surface area contributed by atoms with Gasteiger partial charge in [0.1, 0.15) is 23.2 Å². The van der Waals surface area contributed by atoms with Gasteiger partial charge in [-0.1, -0.05) is 17.7 Å². The topological polar surface area (TPSA) is 76.2 Å². The fourth-order valence-electron chi connectivity index (χ4n) is 3.23. The lowest BCUT2D eigenvalue weighted by Gasteiger charge is -2.27. The summed E-state index contributed by atoms with van der Waals surface area (Å²) in [5.41, 5.74) is 9.06. The molecule has 3 N–H and O–H groups in total. The van der Waals surface area contributed by atoms with Gasteiger partial charge in [0.2, 0.25) is 0 Å². The predicted octanol–water partition coefficient (Wildman–Crippen LogP) is 3.64. The van der Waals surface area contributed by atoms with E-state index in [2.05, 4.69) is 9.88 Å². The summed E-state index contributed by atoms with van der Waals surface area (Å²) in [6, 6.07) is 13.8. The van der Waals surface area contributed by atoms with Gasteiger partial charge >= 0.3 is 6.03 Å². The van der Waals surface area contributed by atoms with Crippen molar-refractivity contribution in [1.29, 1.82) is 0 Å². The van der Waals surface area contributed by atoms with E-state index in [1.54, 1.807) is 17.0 Å². The average molecular weight is 365 g/mol. The van der Waals surface area contributed by atoms with Crippen LogP contribution in [0.25, 0.3) is 11.3 Å². The van der Waals surface area contributed by atoms with E-state index in [1.807, 2.05) is 31.2 Å². The molecule has 0 fully saturated rings. The van der Waals surface area contributed by atoms with Gasteiger partial charge in [-0.25, -0.2) is 14.2 Å². The summed E-state index contributed by atoms with van der Waals surface area (Å²) in [7, 11) is 0. The number of anilines is 2. The van der Waals surface area contributed by atoms with Crippen molar-refractivity contribution in [3.8, 4) is 11.3 Å². The minimum atomic E-state index is -0.458. The molecule has 2 amide bonds. The van der Waals surface area contributed by atoms with Gasteiger partial charge in [-0.15, -0.1) is 0 Å². The summed E-state index contributed by atoms with van der Waals surface area (Å²) in [5, 5.41) is 3.44. The molecule has 0 bridgehead atoms. The molecule has 3 aromatic rings. The van der Waals surface area contributed by atoms with Crippen LogP contribution in [0.3, 0.4) is 0 Å². The van der Waals surface area contributed by atoms with E-state index < -0.39 is 6.03 Å². The first kappa shape index (κ1) is 17.1. The summed E-state index contributed by atoms with van der Waals surface area (Å²) >= 11 is 0. The van der Waals surface area contributed by atoms with Crippen LogP contribution in [0.1, 0.15) is 11.4 Å². The van der Waals surface area contributed by atoms with Crippen molar-refractivity contribution < 1.29 is 9.18 Å². The van der Waals surface area contributed by atoms with Crippen LogP contribution in [0.5, 0.6) is 0 Å². The van der Waals surface area contributed by atoms with Crippen molar-refractivity contribution in [1.82, 2.24) is 14.5 Å². The first-order chi connectivity index (χ1) is 13.0. The Hall–Kier alpha value is -3.35. The second-order valence-electron chi connectivity index (χ2n) is 6.63. The average Bonchev–Trinajstić information content (AvgIpc) is 3.02. The van der Waals surface area contributed by atoms with E-state index in [-0.39, 0.29) is 5.82 Å². The molecule has 1 aliphatic rings. The molecule has 0 atom stereocenters. The van der Waals surface area contributed by atoms with E-state index in [4.69, 9.17) is 10.7 Å². The number of nitrogens with one attached hydrogen (secondary N) is 1. The summed E-state index contributed by atoms with van der Waals surface area (Å²) in [4.78, 5) is 17.8. The number of nitrogens with two attached hydrogens (primary N) is 1. The highest BCUT2D eigenvalue weighted by Gasteiger charge is 2.26. The van der Waals surface area contributed by atoms with Crippen molar-refractivity contribution in [3.05, 3.63) is 65.7 Å². The number of fused-ring (bicyclic) bond motifs is 1. The lowest BCUT2D eigenvalue weighted by atomic mass is 10.1. The van der Waals surface area contributed by atoms with Crippen LogP contribution < -0.4 is 11.1 Å². The van der Waals surface area contributed by atoms with E-state index in [9.17, 15) is 9.18 Å². The minimum Gasteiger partial charge on any atom is -0.351 e. The Morgan fingerprint density at radius 2 is 1.81 bits per heavy atom. The quantitative estimate of drug-likeness (QED) is 0.744. The number of carbonyl (C=O) groups excluding carboxylic acids is 1. The maximum atomic E-state index is 13.4. The lowest BCUT2D eigenvalue weighted by molar-refractivity contribution is 0.192. The zero-order valence-corrected chi connectivity index (χ0v) is 14.9. The van der Waals surface area contributed by atoms with Crippen molar-refractivity contribution >= 4 is 17.5 Å². The summed E-state index contributed by atoms with van der Waals surface area (Å²) in [6.07, 6.45) is 0. The molecule has 0 saturated carbocycles. The van der Waals surface area contributed by atoms with Crippen LogP contribution in [0.15, 0.2) is 48.5 Å². The number of hydrogen-bond donors (Lipinski definition) is 2. The molecule has 2 heterocycles. The highest BCUT2D eigenvalue weighted by atomic mass is 19.1. The number of amides is 2. The smallest absolute Gasteiger partial charge is 0.315 e. The number of nitrogens with zero attached hydrogens (tertiary/aromatic N) is 3. The standard InChI is InChI=1S/C20H20FN5O/c1-13-2-8-16(9-3-13)23-19-18(14-4-6-15(21)7-5-14)24-17-12-25(20(22)27)10-11-26(17)19/h2-9,23H,10-12H2,1H3,(H2,22,27). The fraction of sp³-hybridized carbons (Fsp3) is 0.200. The minimum absolute atomic E-state index is 0.296. The molecule has 0 unspecified atom stereocenters. The number of aryl methyl sites for hydroxylation is 1. The SMILES string of the molecule is Cc1ccc(Nc2c(-c3ccc(F)cc3)nc3n2CCN(C(N)=O)C3)cc1. The Bertz CT molecular complexity index is 979. The molecule has 27 heavy (non-hydrogen) atoms. The van der Waals surface area contributed by atoms with Crippen molar-refractivity contribution in [3.63, 3.8) is 0 Å². The number of benzene rings is 2. The number of aromatic nitrogens is 2. The molecule has 0 saturated heterocycles. The largest absolute Gasteiger partial charge is 0.351 e. The van der Waals surface area contributed by atoms with Crippen LogP contribution >= 0.6 is 0 Å². The first-order valence-electron chi connectivity index (χ1n) is 8.74. The molecule has 2 aromatic carbocycles. The molecule has 1 aliphatic heterocycles. The zero-order chi connectivity index (χ0) is 19.0. The fourth-order valence-corrected chi connectivity index (χ4v) is 3.23. The van der Waals surface area contributed by atoms with Gasteiger partial charge in [0.25, 0.3) is 0 Å². The Kier molecular flexibility index (Phi) is 4.27. The number of hydrogen-bond acceptors (Lipinski definition) is 3. The van der Waals surface area contributed by atoms with Crippen LogP contribution in [-0.4, -0.2) is 27.0 Å². The number of imidazole rings is 1. The van der Waals surface area contributed by atoms with Gasteiger partial charge in [-0.05, 0) is 43.3 Å². The Morgan fingerprint density at radius 3 is 2.48 bits per heavy atom. The third-order valence-corrected chi connectivity index (χ3v) is 4.72. The third kappa shape index (κ3) is 3.36. The number of primary amides is 1. The normalized spacial score (nSPS) is 13.3. The monoisotopic (exact) mass is 365 g/mol. The molecule has 0 aliphatic carbocycles. The Morgan fingerprint density at radius 1 is 1.11 bits per heavy atom. The lowest BCUT2D eigenvalue weighted by Crippen LogP contribution is -2.41. The molecule has 1 aromatic heterocycles. The highest BCUT2D eigenvalue weighted by Crippen LogP contribution is 2.33. The van der Waals surface area contributed by atoms with Gasteiger partial charge in [0, 0.05) is 24.3 Å². The first-order valence-corrected chi connectivity index (χ1v) is 8.74. The van der Waals surface area contributed by atoms with Crippen molar-refractivity contribution in [2.45, 2.75) is 20.0 Å². The molecular formula is C20H20FN5O. The number of urea groups is 1. The third-order valence-electron chi connectivity index (χ3n) is 4.72. The van der Waals surface area contributed by atoms with Gasteiger partial charge in [-0.2, -0.15) is 0 Å². The molecule has 4 rings (SSSR count). The van der Waals surface area contributed by atoms with Crippen LogP contribution in [0, 0.1) is 12.7 Å². The molecule has 0 radical (unpaired) electrons. The number of halogens is 1. The van der Waals surface area contributed by atoms with Gasteiger partial charge in [0.15, 0.2) is 0 Å². The molecule has 138 valence electrons. The Balaban J connectivity index is 1.78. The maximum Gasteiger partial charge on any atom is 0.315 e. The molecule has 7 heteroatoms. The van der Waals surface area contributed by atoms with E-state index >= 15 is 0 Å². The second-order valence-corrected chi connectivity index (χ2v) is 6.63. The van der Waals surface area contributed by atoms with Gasteiger partial charge in [-0.3, -0.25) is 0 Å². The molecular weight excluding hydrogens is 345 g/mol. The van der Waals surface area contributed by atoms with Crippen LogP contribution in [-0.2, 0) is 13.1 Å². The zero-order valence-electron chi connectivity index (χ0n) is 14.9. The Labute approximate surface area is 156 Å². The van der Waals surface area contributed by atoms with Gasteiger partial charge < -0.3 is 20.5 Å². The van der Waals surface area contributed by atoms with Gasteiger partial charge in [0.05, 0.1) is 6.54 Å². The van der Waals surface area contributed by atoms with E-state index in [1.165, 1.54) is 17.7 Å². The maximum absolute atomic E-state index is 13.4. The van der Waals surface area contributed by atoms with Crippen molar-refractivity contribution in [2.75, 3.05) is 11.9 Å². The number of carbonyl (C=O) groups is 1. The number of rotatable bonds is 3. The highest BCUT2D eigenvalue weighted by molar-refractivity contribution is 5.77. The second kappa shape index (κ2) is 6.75. The summed E-state index contributed by atoms with van der Waals surface area (Å²) in [6.45, 7) is 3.48. The summed E-state index contributed by atoms with van der Waals surface area (Å²) < 4.78 is 15.4. The van der Waals surface area contributed by atoms with E-state index in [0.717, 1.165) is 28.6 Å². The van der Waals surface area contributed by atoms with Crippen LogP contribution in [0.4, 0.5) is 20.7 Å². The predicted molar refractivity (Wildman–Crippen MR) is 102 cm³/mol. The molecule has 0 spiro atoms. The van der Waals surface area contributed by atoms with Crippen LogP contribution in [0.2, 0.25) is 0 Å². The van der Waals surface area contributed by atoms with Crippen molar-refractivity contribution in [2.24, 2.45) is 5.73 Å². The molecule has 6 nitrogen and oxygen atoms in total.